The van der Waals surface area contributed by atoms with E-state index in [1.54, 1.807) is 0 Å². The summed E-state index contributed by atoms with van der Waals surface area (Å²) in [6, 6.07) is 5.33. The zero-order valence-electron chi connectivity index (χ0n) is 12.2. The molecule has 0 saturated carbocycles. The molecule has 112 valence electrons. The van der Waals surface area contributed by atoms with Crippen molar-refractivity contribution < 1.29 is 4.39 Å². The van der Waals surface area contributed by atoms with E-state index in [9.17, 15) is 4.39 Å². The van der Waals surface area contributed by atoms with E-state index in [-0.39, 0.29) is 11.9 Å². The largest absolute Gasteiger partial charge is 0.303 e. The third-order valence-corrected chi connectivity index (χ3v) is 4.94. The predicted molar refractivity (Wildman–Crippen MR) is 84.5 cm³/mol. The SMILES string of the molecule is CC(NC1CCCc2c1cnn2C)c1ccc(F)cc1Br. The molecule has 0 radical (unpaired) electrons. The third kappa shape index (κ3) is 2.90. The van der Waals surface area contributed by atoms with E-state index in [2.05, 4.69) is 33.3 Å². The number of hydrogen-bond donors (Lipinski definition) is 1. The average molecular weight is 352 g/mol. The Morgan fingerprint density at radius 2 is 2.29 bits per heavy atom. The topological polar surface area (TPSA) is 29.9 Å². The fraction of sp³-hybridized carbons (Fsp3) is 0.438. The van der Waals surface area contributed by atoms with E-state index < -0.39 is 0 Å². The molecule has 2 aromatic rings. The second-order valence-corrected chi connectivity index (χ2v) is 6.52. The Hall–Kier alpha value is -1.20. The van der Waals surface area contributed by atoms with Gasteiger partial charge >= 0.3 is 0 Å². The Kier molecular flexibility index (Phi) is 4.13. The second kappa shape index (κ2) is 5.89. The summed E-state index contributed by atoms with van der Waals surface area (Å²) in [5.74, 6) is -0.218. The summed E-state index contributed by atoms with van der Waals surface area (Å²) in [4.78, 5) is 0. The summed E-state index contributed by atoms with van der Waals surface area (Å²) in [6.45, 7) is 2.11. The lowest BCUT2D eigenvalue weighted by atomic mass is 9.92. The minimum absolute atomic E-state index is 0.149. The van der Waals surface area contributed by atoms with Crippen molar-refractivity contribution in [2.24, 2.45) is 7.05 Å². The summed E-state index contributed by atoms with van der Waals surface area (Å²) < 4.78 is 16.0. The molecule has 1 aromatic carbocycles. The molecule has 1 N–H and O–H groups in total. The first kappa shape index (κ1) is 14.7. The van der Waals surface area contributed by atoms with Crippen LogP contribution in [-0.2, 0) is 13.5 Å². The summed E-state index contributed by atoms with van der Waals surface area (Å²) >= 11 is 3.45. The smallest absolute Gasteiger partial charge is 0.124 e. The van der Waals surface area contributed by atoms with Crippen molar-refractivity contribution >= 4 is 15.9 Å². The summed E-state index contributed by atoms with van der Waals surface area (Å²) in [7, 11) is 2.00. The van der Waals surface area contributed by atoms with Crippen LogP contribution in [0.3, 0.4) is 0 Å². The van der Waals surface area contributed by atoms with Crippen molar-refractivity contribution in [1.29, 1.82) is 0 Å². The van der Waals surface area contributed by atoms with E-state index in [1.165, 1.54) is 29.8 Å². The van der Waals surface area contributed by atoms with Crippen LogP contribution in [0.1, 0.15) is 48.7 Å². The minimum atomic E-state index is -0.218. The maximum absolute atomic E-state index is 13.2. The first-order valence-corrected chi connectivity index (χ1v) is 8.07. The molecule has 3 nitrogen and oxygen atoms in total. The Morgan fingerprint density at radius 1 is 1.48 bits per heavy atom. The molecule has 1 heterocycles. The molecular weight excluding hydrogens is 333 g/mol. The van der Waals surface area contributed by atoms with Crippen LogP contribution in [0.15, 0.2) is 28.9 Å². The van der Waals surface area contributed by atoms with Gasteiger partial charge in [-0.2, -0.15) is 5.10 Å². The van der Waals surface area contributed by atoms with Gasteiger partial charge in [-0.1, -0.05) is 22.0 Å². The highest BCUT2D eigenvalue weighted by Crippen LogP contribution is 2.32. The molecule has 2 atom stereocenters. The predicted octanol–water partition coefficient (Wildman–Crippen LogP) is 4.05. The van der Waals surface area contributed by atoms with Crippen molar-refractivity contribution in [2.75, 3.05) is 0 Å². The average Bonchev–Trinajstić information content (AvgIpc) is 2.81. The number of hydrogen-bond acceptors (Lipinski definition) is 2. The molecule has 21 heavy (non-hydrogen) atoms. The molecular formula is C16H19BrFN3. The molecule has 2 unspecified atom stereocenters. The van der Waals surface area contributed by atoms with Crippen molar-refractivity contribution in [3.63, 3.8) is 0 Å². The van der Waals surface area contributed by atoms with Crippen molar-refractivity contribution in [2.45, 2.75) is 38.3 Å². The molecule has 0 spiro atoms. The van der Waals surface area contributed by atoms with E-state index in [0.717, 1.165) is 22.9 Å². The Morgan fingerprint density at radius 3 is 3.05 bits per heavy atom. The van der Waals surface area contributed by atoms with Gasteiger partial charge in [-0.15, -0.1) is 0 Å². The first-order chi connectivity index (χ1) is 10.1. The maximum Gasteiger partial charge on any atom is 0.124 e. The van der Waals surface area contributed by atoms with Crippen LogP contribution in [-0.4, -0.2) is 9.78 Å². The monoisotopic (exact) mass is 351 g/mol. The third-order valence-electron chi connectivity index (χ3n) is 4.26. The fourth-order valence-electron chi connectivity index (χ4n) is 3.12. The van der Waals surface area contributed by atoms with Crippen LogP contribution in [0.5, 0.6) is 0 Å². The van der Waals surface area contributed by atoms with Gasteiger partial charge in [0.25, 0.3) is 0 Å². The summed E-state index contributed by atoms with van der Waals surface area (Å²) in [6.07, 6.45) is 5.35. The van der Waals surface area contributed by atoms with Gasteiger partial charge in [0.15, 0.2) is 0 Å². The van der Waals surface area contributed by atoms with E-state index in [1.807, 2.05) is 24.0 Å². The molecule has 1 aliphatic carbocycles. The van der Waals surface area contributed by atoms with Crippen LogP contribution in [0.2, 0.25) is 0 Å². The van der Waals surface area contributed by atoms with Crippen LogP contribution < -0.4 is 5.32 Å². The van der Waals surface area contributed by atoms with Crippen LogP contribution >= 0.6 is 15.9 Å². The quantitative estimate of drug-likeness (QED) is 0.903. The molecule has 0 aliphatic heterocycles. The van der Waals surface area contributed by atoms with E-state index >= 15 is 0 Å². The number of benzene rings is 1. The van der Waals surface area contributed by atoms with Gasteiger partial charge in [0, 0.05) is 34.9 Å². The molecule has 0 bridgehead atoms. The van der Waals surface area contributed by atoms with Gasteiger partial charge in [-0.3, -0.25) is 4.68 Å². The molecule has 1 aromatic heterocycles. The lowest BCUT2D eigenvalue weighted by Gasteiger charge is -2.28. The highest BCUT2D eigenvalue weighted by molar-refractivity contribution is 9.10. The molecule has 3 rings (SSSR count). The van der Waals surface area contributed by atoms with Crippen molar-refractivity contribution in [3.05, 3.63) is 51.5 Å². The number of halogens is 2. The van der Waals surface area contributed by atoms with E-state index in [0.29, 0.717) is 6.04 Å². The number of fused-ring (bicyclic) bond motifs is 1. The van der Waals surface area contributed by atoms with Gasteiger partial charge in [0.05, 0.1) is 6.20 Å². The van der Waals surface area contributed by atoms with E-state index in [4.69, 9.17) is 0 Å². The molecule has 0 amide bonds. The minimum Gasteiger partial charge on any atom is -0.303 e. The zero-order chi connectivity index (χ0) is 15.0. The van der Waals surface area contributed by atoms with Crippen molar-refractivity contribution in [3.8, 4) is 0 Å². The van der Waals surface area contributed by atoms with Crippen LogP contribution in [0, 0.1) is 5.82 Å². The van der Waals surface area contributed by atoms with Gasteiger partial charge < -0.3 is 5.32 Å². The summed E-state index contributed by atoms with van der Waals surface area (Å²) in [5, 5.41) is 8.03. The number of nitrogens with zero attached hydrogens (tertiary/aromatic N) is 2. The Balaban J connectivity index is 1.81. The highest BCUT2D eigenvalue weighted by atomic mass is 79.9. The lowest BCUT2D eigenvalue weighted by Crippen LogP contribution is -2.28. The van der Waals surface area contributed by atoms with Crippen molar-refractivity contribution in [1.82, 2.24) is 15.1 Å². The van der Waals surface area contributed by atoms with Crippen LogP contribution in [0.4, 0.5) is 4.39 Å². The highest BCUT2D eigenvalue weighted by Gasteiger charge is 2.25. The second-order valence-electron chi connectivity index (χ2n) is 5.67. The maximum atomic E-state index is 13.2. The van der Waals surface area contributed by atoms with Gasteiger partial charge in [0.2, 0.25) is 0 Å². The Labute approximate surface area is 132 Å². The molecule has 1 aliphatic rings. The normalized spacial score (nSPS) is 19.3. The Bertz CT molecular complexity index is 653. The van der Waals surface area contributed by atoms with Crippen LogP contribution in [0.25, 0.3) is 0 Å². The fourth-order valence-corrected chi connectivity index (χ4v) is 3.82. The van der Waals surface area contributed by atoms with Gasteiger partial charge in [-0.25, -0.2) is 4.39 Å². The first-order valence-electron chi connectivity index (χ1n) is 7.28. The number of aromatic nitrogens is 2. The number of aryl methyl sites for hydroxylation is 1. The summed E-state index contributed by atoms with van der Waals surface area (Å²) in [5.41, 5.74) is 3.70. The van der Waals surface area contributed by atoms with Gasteiger partial charge in [-0.05, 0) is 43.9 Å². The molecule has 0 fully saturated rings. The zero-order valence-corrected chi connectivity index (χ0v) is 13.8. The lowest BCUT2D eigenvalue weighted by molar-refractivity contribution is 0.410. The number of nitrogens with one attached hydrogen (secondary N) is 1. The van der Waals surface area contributed by atoms with Gasteiger partial charge in [0.1, 0.15) is 5.82 Å². The number of rotatable bonds is 3. The standard InChI is InChI=1S/C16H19BrFN3/c1-10(12-7-6-11(18)8-14(12)17)20-15-4-3-5-16-13(15)9-19-21(16)2/h6-10,15,20H,3-5H2,1-2H3. The molecule has 5 heteroatoms. The molecule has 0 saturated heterocycles.